The van der Waals surface area contributed by atoms with Crippen molar-refractivity contribution in [3.63, 3.8) is 0 Å². The maximum atomic E-state index is 9.45. The minimum absolute atomic E-state index is 0.261. The van der Waals surface area contributed by atoms with Gasteiger partial charge in [0.05, 0.1) is 12.7 Å². The Morgan fingerprint density at radius 3 is 2.83 bits per heavy atom. The number of aliphatic hydroxyl groups excluding tert-OH is 1. The molecule has 2 N–H and O–H groups in total. The monoisotopic (exact) mass is 174 g/mol. The minimum atomic E-state index is -0.793. The Kier molecular flexibility index (Phi) is 2.85. The number of hydrogen-bond acceptors (Lipinski definition) is 4. The summed E-state index contributed by atoms with van der Waals surface area (Å²) in [4.78, 5) is 4.22. The molecule has 0 amide bonds. The molecule has 12 heavy (non-hydrogen) atoms. The van der Waals surface area contributed by atoms with Gasteiger partial charge in [-0.15, -0.1) is 6.58 Å². The van der Waals surface area contributed by atoms with E-state index in [1.807, 2.05) is 0 Å². The van der Waals surface area contributed by atoms with E-state index >= 15 is 0 Å². The fourth-order valence-electron chi connectivity index (χ4n) is 1.29. The van der Waals surface area contributed by atoms with Crippen LogP contribution in [0.2, 0.25) is 0 Å². The molecule has 0 aliphatic carbocycles. The average Bonchev–Trinajstić information content (AvgIpc) is 2.05. The molecule has 70 valence electrons. The summed E-state index contributed by atoms with van der Waals surface area (Å²) in [6, 6.07) is 0. The van der Waals surface area contributed by atoms with Crippen LogP contribution in [0.25, 0.3) is 0 Å². The number of ether oxygens (including phenoxy) is 1. The largest absolute Gasteiger partial charge is 0.390 e. The average molecular weight is 174 g/mol. The molecule has 1 fully saturated rings. The molecule has 4 heteroatoms. The summed E-state index contributed by atoms with van der Waals surface area (Å²) in [5, 5.41) is 18.0. The predicted molar refractivity (Wildman–Crippen MR) is 42.7 cm³/mol. The van der Waals surface area contributed by atoms with Crippen LogP contribution in [0.5, 0.6) is 0 Å². The molecule has 0 aromatic heterocycles. The van der Waals surface area contributed by atoms with Crippen molar-refractivity contribution < 1.29 is 20.0 Å². The van der Waals surface area contributed by atoms with Crippen LogP contribution in [0.4, 0.5) is 0 Å². The third-order valence-electron chi connectivity index (χ3n) is 2.05. The molecule has 0 aromatic carbocycles. The normalized spacial score (nSPS) is 42.6. The van der Waals surface area contributed by atoms with E-state index in [9.17, 15) is 5.11 Å². The van der Waals surface area contributed by atoms with Crippen LogP contribution < -0.4 is 0 Å². The van der Waals surface area contributed by atoms with E-state index in [1.165, 1.54) is 0 Å². The molecule has 0 aromatic rings. The van der Waals surface area contributed by atoms with E-state index in [2.05, 4.69) is 11.5 Å². The highest BCUT2D eigenvalue weighted by Crippen LogP contribution is 2.26. The first-order chi connectivity index (χ1) is 5.61. The van der Waals surface area contributed by atoms with E-state index < -0.39 is 11.7 Å². The molecule has 1 aliphatic heterocycles. The summed E-state index contributed by atoms with van der Waals surface area (Å²) >= 11 is 0. The second-order valence-corrected chi connectivity index (χ2v) is 3.32. The van der Waals surface area contributed by atoms with Crippen molar-refractivity contribution in [2.45, 2.75) is 31.2 Å². The van der Waals surface area contributed by atoms with Gasteiger partial charge < -0.3 is 9.84 Å². The smallest absolute Gasteiger partial charge is 0.126 e. The highest BCUT2D eigenvalue weighted by atomic mass is 17.1. The number of rotatable bonds is 2. The van der Waals surface area contributed by atoms with Crippen molar-refractivity contribution in [3.8, 4) is 0 Å². The first kappa shape index (κ1) is 9.67. The molecule has 1 rings (SSSR count). The second-order valence-electron chi connectivity index (χ2n) is 3.32. The number of aliphatic hydroxyl groups is 1. The van der Waals surface area contributed by atoms with Gasteiger partial charge in [-0.2, -0.15) is 0 Å². The van der Waals surface area contributed by atoms with Crippen molar-refractivity contribution in [3.05, 3.63) is 12.7 Å². The second kappa shape index (κ2) is 3.53. The Morgan fingerprint density at radius 1 is 1.75 bits per heavy atom. The molecule has 4 nitrogen and oxygen atoms in total. The molecular formula is C8H14O4. The lowest BCUT2D eigenvalue weighted by atomic mass is 9.93. The lowest BCUT2D eigenvalue weighted by Crippen LogP contribution is -2.48. The Bertz CT molecular complexity index is 170. The van der Waals surface area contributed by atoms with E-state index in [0.29, 0.717) is 6.42 Å². The highest BCUT2D eigenvalue weighted by molar-refractivity contribution is 4.94. The topological polar surface area (TPSA) is 58.9 Å². The summed E-state index contributed by atoms with van der Waals surface area (Å²) in [5.41, 5.74) is -0.793. The van der Waals surface area contributed by atoms with Crippen LogP contribution >= 0.6 is 0 Å². The van der Waals surface area contributed by atoms with Gasteiger partial charge in [0.2, 0.25) is 0 Å². The van der Waals surface area contributed by atoms with E-state index in [4.69, 9.17) is 9.99 Å². The van der Waals surface area contributed by atoms with E-state index in [1.54, 1.807) is 13.0 Å². The quantitative estimate of drug-likeness (QED) is 0.365. The van der Waals surface area contributed by atoms with Crippen LogP contribution in [-0.2, 0) is 9.62 Å². The highest BCUT2D eigenvalue weighted by Gasteiger charge is 2.38. The lowest BCUT2D eigenvalue weighted by Gasteiger charge is -2.36. The maximum Gasteiger partial charge on any atom is 0.126 e. The standard InChI is InChI=1S/C8H14O4/c1-3-7-6(9)4-8(2,12-10)5-11-7/h3,6-7,9-10H,1,4-5H2,2H3/t6-,7+,8-/m0/s1. The third-order valence-corrected chi connectivity index (χ3v) is 2.05. The molecule has 0 spiro atoms. The molecule has 0 bridgehead atoms. The molecule has 0 unspecified atom stereocenters. The maximum absolute atomic E-state index is 9.45. The summed E-state index contributed by atoms with van der Waals surface area (Å²) in [5.74, 6) is 0. The third kappa shape index (κ3) is 1.84. The Morgan fingerprint density at radius 2 is 2.42 bits per heavy atom. The summed E-state index contributed by atoms with van der Waals surface area (Å²) in [6.45, 7) is 5.46. The van der Waals surface area contributed by atoms with Gasteiger partial charge in [0.25, 0.3) is 0 Å². The van der Waals surface area contributed by atoms with E-state index in [-0.39, 0.29) is 12.7 Å². The first-order valence-electron chi connectivity index (χ1n) is 3.86. The fourth-order valence-corrected chi connectivity index (χ4v) is 1.29. The Labute approximate surface area is 71.3 Å². The van der Waals surface area contributed by atoms with Crippen LogP contribution in [0.1, 0.15) is 13.3 Å². The zero-order chi connectivity index (χ0) is 9.19. The molecule has 1 saturated heterocycles. The minimum Gasteiger partial charge on any atom is -0.390 e. The van der Waals surface area contributed by atoms with Crippen molar-refractivity contribution in [1.82, 2.24) is 0 Å². The van der Waals surface area contributed by atoms with Crippen LogP contribution in [0, 0.1) is 0 Å². The van der Waals surface area contributed by atoms with Gasteiger partial charge in [0.15, 0.2) is 0 Å². The van der Waals surface area contributed by atoms with Gasteiger partial charge in [-0.3, -0.25) is 5.26 Å². The van der Waals surface area contributed by atoms with Gasteiger partial charge in [-0.25, -0.2) is 4.89 Å². The zero-order valence-corrected chi connectivity index (χ0v) is 7.06. The molecule has 3 atom stereocenters. The van der Waals surface area contributed by atoms with Gasteiger partial charge in [-0.05, 0) is 6.92 Å². The Balaban J connectivity index is 2.56. The fraction of sp³-hybridized carbons (Fsp3) is 0.750. The van der Waals surface area contributed by atoms with Crippen molar-refractivity contribution >= 4 is 0 Å². The van der Waals surface area contributed by atoms with Gasteiger partial charge >= 0.3 is 0 Å². The summed E-state index contributed by atoms with van der Waals surface area (Å²) in [6.07, 6.45) is 0.878. The van der Waals surface area contributed by atoms with Gasteiger partial charge in [-0.1, -0.05) is 6.08 Å². The van der Waals surface area contributed by atoms with Crippen molar-refractivity contribution in [2.24, 2.45) is 0 Å². The predicted octanol–water partition coefficient (Wildman–Crippen LogP) is 0.570. The Hall–Kier alpha value is -0.420. The molecule has 1 heterocycles. The molecule has 0 saturated carbocycles. The van der Waals surface area contributed by atoms with Gasteiger partial charge in [0, 0.05) is 6.42 Å². The van der Waals surface area contributed by atoms with Crippen LogP contribution in [-0.4, -0.2) is 34.8 Å². The van der Waals surface area contributed by atoms with Crippen molar-refractivity contribution in [2.75, 3.05) is 6.61 Å². The van der Waals surface area contributed by atoms with E-state index in [0.717, 1.165) is 0 Å². The zero-order valence-electron chi connectivity index (χ0n) is 7.06. The summed E-state index contributed by atoms with van der Waals surface area (Å²) in [7, 11) is 0. The molecule has 1 aliphatic rings. The SMILES string of the molecule is C=C[C@H]1OC[C@@](C)(OO)C[C@@H]1O. The van der Waals surface area contributed by atoms with Crippen molar-refractivity contribution in [1.29, 1.82) is 0 Å². The molecular weight excluding hydrogens is 160 g/mol. The van der Waals surface area contributed by atoms with Gasteiger partial charge in [0.1, 0.15) is 11.7 Å². The summed E-state index contributed by atoms with van der Waals surface area (Å²) < 4.78 is 5.19. The van der Waals surface area contributed by atoms with Crippen LogP contribution in [0.3, 0.4) is 0 Å². The molecule has 0 radical (unpaired) electrons. The first-order valence-corrected chi connectivity index (χ1v) is 3.86. The lowest BCUT2D eigenvalue weighted by molar-refractivity contribution is -0.347. The van der Waals surface area contributed by atoms with Crippen LogP contribution in [0.15, 0.2) is 12.7 Å². The number of hydrogen-bond donors (Lipinski definition) is 2.